The molecule has 0 aliphatic heterocycles. The monoisotopic (exact) mass is 269 g/mol. The smallest absolute Gasteiger partial charge is 0.377 e. The maximum atomic E-state index is 10.9. The van der Waals surface area contributed by atoms with Gasteiger partial charge in [-0.1, -0.05) is 13.8 Å². The second kappa shape index (κ2) is 6.58. The van der Waals surface area contributed by atoms with Gasteiger partial charge in [-0.25, -0.2) is 0 Å². The van der Waals surface area contributed by atoms with E-state index in [4.69, 9.17) is 0 Å². The Morgan fingerprint density at radius 1 is 1.50 bits per heavy atom. The molecule has 0 radical (unpaired) electrons. The number of rotatable bonds is 7. The maximum Gasteiger partial charge on any atom is 0.386 e. The van der Waals surface area contributed by atoms with Crippen molar-refractivity contribution in [3.8, 4) is 0 Å². The van der Waals surface area contributed by atoms with Crippen LogP contribution in [0.1, 0.15) is 26.7 Å². The quantitative estimate of drug-likeness (QED) is 0.607. The highest BCUT2D eigenvalue weighted by atomic mass is 32.2. The van der Waals surface area contributed by atoms with Crippen LogP contribution in [0, 0.1) is 10.1 Å². The average molecular weight is 269 g/mol. The van der Waals surface area contributed by atoms with E-state index in [1.165, 1.54) is 6.20 Å². The van der Waals surface area contributed by atoms with Crippen molar-refractivity contribution >= 4 is 23.3 Å². The lowest BCUT2D eigenvalue weighted by Gasteiger charge is -2.30. The summed E-state index contributed by atoms with van der Waals surface area (Å²) in [7, 11) is 0. The van der Waals surface area contributed by atoms with Crippen molar-refractivity contribution in [2.45, 2.75) is 31.4 Å². The number of hydrogen-bond donors (Lipinski definition) is 1. The first-order chi connectivity index (χ1) is 8.58. The van der Waals surface area contributed by atoms with Crippen LogP contribution in [0.25, 0.3) is 0 Å². The fourth-order valence-electron chi connectivity index (χ4n) is 1.80. The fraction of sp³-hybridized carbons (Fsp3) is 0.583. The molecule has 0 aromatic carbocycles. The van der Waals surface area contributed by atoms with Gasteiger partial charge in [0.05, 0.1) is 0 Å². The molecule has 0 amide bonds. The molecule has 0 saturated heterocycles. The van der Waals surface area contributed by atoms with Crippen LogP contribution in [0.5, 0.6) is 0 Å². The molecule has 1 heterocycles. The van der Waals surface area contributed by atoms with Crippen molar-refractivity contribution in [3.63, 3.8) is 0 Å². The summed E-state index contributed by atoms with van der Waals surface area (Å²) < 4.78 is 0.115. The predicted molar refractivity (Wildman–Crippen MR) is 76.2 cm³/mol. The van der Waals surface area contributed by atoms with Crippen molar-refractivity contribution in [3.05, 3.63) is 28.4 Å². The van der Waals surface area contributed by atoms with Crippen LogP contribution in [0.2, 0.25) is 0 Å². The van der Waals surface area contributed by atoms with Gasteiger partial charge < -0.3 is 15.4 Å². The summed E-state index contributed by atoms with van der Waals surface area (Å²) in [5.74, 6) is -0.111. The largest absolute Gasteiger partial charge is 0.386 e. The van der Waals surface area contributed by atoms with E-state index in [9.17, 15) is 10.1 Å². The van der Waals surface area contributed by atoms with Gasteiger partial charge in [-0.15, -0.1) is 0 Å². The van der Waals surface area contributed by atoms with Gasteiger partial charge in [-0.05, 0) is 41.1 Å². The van der Waals surface area contributed by atoms with Gasteiger partial charge in [0.15, 0.2) is 0 Å². The van der Waals surface area contributed by atoms with Crippen LogP contribution >= 0.6 is 11.8 Å². The number of nitrogens with zero attached hydrogens (tertiary/aromatic N) is 2. The third kappa shape index (κ3) is 3.35. The first-order valence-electron chi connectivity index (χ1n) is 5.97. The molecule has 1 aromatic heterocycles. The minimum Gasteiger partial charge on any atom is -0.377 e. The molecule has 18 heavy (non-hydrogen) atoms. The molecule has 0 unspecified atom stereocenters. The Morgan fingerprint density at radius 2 is 2.17 bits per heavy atom. The van der Waals surface area contributed by atoms with Gasteiger partial charge in [0.2, 0.25) is 0 Å². The predicted octanol–water partition coefficient (Wildman–Crippen LogP) is 3.32. The first-order valence-corrected chi connectivity index (χ1v) is 7.19. The Labute approximate surface area is 112 Å². The highest BCUT2D eigenvalue weighted by Gasteiger charge is 2.26. The lowest BCUT2D eigenvalue weighted by atomic mass is 10.0. The lowest BCUT2D eigenvalue weighted by molar-refractivity contribution is -0.388. The Hall–Kier alpha value is -1.30. The summed E-state index contributed by atoms with van der Waals surface area (Å²) in [6.45, 7) is 4.98. The zero-order valence-corrected chi connectivity index (χ0v) is 11.8. The normalized spacial score (nSPS) is 11.3. The molecule has 0 atom stereocenters. The fourth-order valence-corrected chi connectivity index (χ4v) is 2.59. The highest BCUT2D eigenvalue weighted by molar-refractivity contribution is 8.00. The van der Waals surface area contributed by atoms with Gasteiger partial charge in [0.1, 0.15) is 11.9 Å². The van der Waals surface area contributed by atoms with Gasteiger partial charge in [-0.2, -0.15) is 11.8 Å². The van der Waals surface area contributed by atoms with Crippen molar-refractivity contribution in [2.24, 2.45) is 0 Å². The maximum absolute atomic E-state index is 10.9. The Bertz CT molecular complexity index is 400. The van der Waals surface area contributed by atoms with Crippen LogP contribution in [0.4, 0.5) is 11.5 Å². The number of pyridine rings is 1. The number of thioether (sulfide) groups is 1. The van der Waals surface area contributed by atoms with Gasteiger partial charge in [0.25, 0.3) is 0 Å². The van der Waals surface area contributed by atoms with E-state index in [1.807, 2.05) is 0 Å². The van der Waals surface area contributed by atoms with Crippen molar-refractivity contribution in [1.82, 2.24) is 4.98 Å². The lowest BCUT2D eigenvalue weighted by Crippen LogP contribution is -2.32. The highest BCUT2D eigenvalue weighted by Crippen LogP contribution is 2.31. The van der Waals surface area contributed by atoms with Gasteiger partial charge in [-0.3, -0.25) is 0 Å². The van der Waals surface area contributed by atoms with Gasteiger partial charge >= 0.3 is 5.82 Å². The minimum absolute atomic E-state index is 0.111. The SMILES string of the molecule is CCC(CC)(CNc1cccnc1[N+](=O)[O-])SC. The molecule has 100 valence electrons. The summed E-state index contributed by atoms with van der Waals surface area (Å²) in [5, 5.41) is 14.0. The molecule has 0 bridgehead atoms. The van der Waals surface area contributed by atoms with Crippen molar-refractivity contribution in [2.75, 3.05) is 18.1 Å². The van der Waals surface area contributed by atoms with E-state index >= 15 is 0 Å². The van der Waals surface area contributed by atoms with Crippen LogP contribution in [-0.4, -0.2) is 27.5 Å². The molecule has 0 spiro atoms. The Kier molecular flexibility index (Phi) is 5.40. The van der Waals surface area contributed by atoms with E-state index in [1.54, 1.807) is 23.9 Å². The van der Waals surface area contributed by atoms with Crippen LogP contribution < -0.4 is 5.32 Å². The number of hydrogen-bond acceptors (Lipinski definition) is 5. The van der Waals surface area contributed by atoms with Crippen molar-refractivity contribution in [1.29, 1.82) is 0 Å². The third-order valence-corrected chi connectivity index (χ3v) is 4.87. The van der Waals surface area contributed by atoms with E-state index in [0.29, 0.717) is 12.2 Å². The molecular weight excluding hydrogens is 250 g/mol. The zero-order valence-electron chi connectivity index (χ0n) is 11.0. The summed E-state index contributed by atoms with van der Waals surface area (Å²) in [4.78, 5) is 14.2. The third-order valence-electron chi connectivity index (χ3n) is 3.28. The minimum atomic E-state index is -0.457. The molecule has 1 aromatic rings. The number of nitro groups is 1. The number of aromatic nitrogens is 1. The second-order valence-electron chi connectivity index (χ2n) is 4.08. The molecular formula is C12H19N3O2S. The number of anilines is 1. The Morgan fingerprint density at radius 3 is 2.67 bits per heavy atom. The summed E-state index contributed by atoms with van der Waals surface area (Å²) >= 11 is 1.80. The van der Waals surface area contributed by atoms with E-state index in [2.05, 4.69) is 30.4 Å². The molecule has 0 aliphatic rings. The molecule has 6 heteroatoms. The average Bonchev–Trinajstić information content (AvgIpc) is 2.41. The van der Waals surface area contributed by atoms with Crippen LogP contribution in [-0.2, 0) is 0 Å². The topological polar surface area (TPSA) is 68.1 Å². The van der Waals surface area contributed by atoms with E-state index in [-0.39, 0.29) is 10.6 Å². The molecule has 1 N–H and O–H groups in total. The van der Waals surface area contributed by atoms with Gasteiger partial charge in [0, 0.05) is 11.3 Å². The summed E-state index contributed by atoms with van der Waals surface area (Å²) in [5.41, 5.74) is 0.489. The molecule has 0 aliphatic carbocycles. The molecule has 0 fully saturated rings. The Balaban J connectivity index is 2.83. The second-order valence-corrected chi connectivity index (χ2v) is 5.35. The van der Waals surface area contributed by atoms with E-state index < -0.39 is 4.92 Å². The zero-order chi connectivity index (χ0) is 13.6. The molecule has 1 rings (SSSR count). The number of nitrogens with one attached hydrogen (secondary N) is 1. The summed E-state index contributed by atoms with van der Waals surface area (Å²) in [6.07, 6.45) is 5.55. The summed E-state index contributed by atoms with van der Waals surface area (Å²) in [6, 6.07) is 3.40. The van der Waals surface area contributed by atoms with E-state index in [0.717, 1.165) is 12.8 Å². The van der Waals surface area contributed by atoms with Crippen molar-refractivity contribution < 1.29 is 4.92 Å². The first kappa shape index (κ1) is 14.8. The molecule has 5 nitrogen and oxygen atoms in total. The molecule has 0 saturated carbocycles. The van der Waals surface area contributed by atoms with Crippen LogP contribution in [0.3, 0.4) is 0 Å². The van der Waals surface area contributed by atoms with Crippen LogP contribution in [0.15, 0.2) is 18.3 Å². The standard InChI is InChI=1S/C12H19N3O2S/c1-4-12(5-2,18-3)9-14-10-7-6-8-13-11(10)15(16)17/h6-8,14H,4-5,9H2,1-3H3.